The molecule has 1 aromatic carbocycles. The van der Waals surface area contributed by atoms with E-state index in [-0.39, 0.29) is 0 Å². The molecule has 1 aromatic rings. The third-order valence-corrected chi connectivity index (χ3v) is 4.04. The lowest BCUT2D eigenvalue weighted by atomic mass is 9.76. The summed E-state index contributed by atoms with van der Waals surface area (Å²) in [5.41, 5.74) is 3.32. The molecule has 1 fully saturated rings. The van der Waals surface area contributed by atoms with Gasteiger partial charge in [-0.05, 0) is 42.2 Å². The fourth-order valence-electron chi connectivity index (χ4n) is 3.36. The smallest absolute Gasteiger partial charge is 0.0156 e. The third-order valence-electron chi connectivity index (χ3n) is 4.04. The molecule has 0 aromatic heterocycles. The van der Waals surface area contributed by atoms with Gasteiger partial charge in [0, 0.05) is 0 Å². The van der Waals surface area contributed by atoms with Gasteiger partial charge in [0.15, 0.2) is 0 Å². The van der Waals surface area contributed by atoms with Crippen molar-refractivity contribution in [3.63, 3.8) is 0 Å². The third kappa shape index (κ3) is 1.37. The molecule has 0 nitrogen and oxygen atoms in total. The molecule has 2 aliphatic rings. The molecule has 0 amide bonds. The molecule has 0 heterocycles. The highest BCUT2D eigenvalue weighted by Crippen LogP contribution is 2.42. The van der Waals surface area contributed by atoms with Crippen LogP contribution in [0.15, 0.2) is 24.3 Å². The van der Waals surface area contributed by atoms with Crippen LogP contribution in [0, 0.1) is 5.92 Å². The highest BCUT2D eigenvalue weighted by Gasteiger charge is 2.27. The van der Waals surface area contributed by atoms with E-state index in [1.807, 2.05) is 0 Å². The minimum Gasteiger partial charge on any atom is -0.0620 e. The fourth-order valence-corrected chi connectivity index (χ4v) is 3.36. The second-order valence-electron chi connectivity index (χ2n) is 4.99. The first-order valence-electron chi connectivity index (χ1n) is 6.01. The van der Waals surface area contributed by atoms with Gasteiger partial charge in [0.1, 0.15) is 0 Å². The van der Waals surface area contributed by atoms with Gasteiger partial charge >= 0.3 is 0 Å². The van der Waals surface area contributed by atoms with Gasteiger partial charge in [0.2, 0.25) is 0 Å². The van der Waals surface area contributed by atoms with Crippen molar-refractivity contribution in [1.82, 2.24) is 0 Å². The van der Waals surface area contributed by atoms with Crippen molar-refractivity contribution < 1.29 is 0 Å². The van der Waals surface area contributed by atoms with Crippen molar-refractivity contribution in [3.05, 3.63) is 35.4 Å². The summed E-state index contributed by atoms with van der Waals surface area (Å²) < 4.78 is 0. The first-order chi connectivity index (χ1) is 6.93. The molecular formula is C14H18. The van der Waals surface area contributed by atoms with E-state index in [1.165, 1.54) is 38.5 Å². The van der Waals surface area contributed by atoms with Crippen LogP contribution in [0.4, 0.5) is 0 Å². The molecule has 14 heavy (non-hydrogen) atoms. The van der Waals surface area contributed by atoms with E-state index in [4.69, 9.17) is 0 Å². The molecule has 1 saturated carbocycles. The minimum absolute atomic E-state index is 0.896. The topological polar surface area (TPSA) is 0 Å². The van der Waals surface area contributed by atoms with Gasteiger partial charge < -0.3 is 0 Å². The van der Waals surface area contributed by atoms with Crippen molar-refractivity contribution in [1.29, 1.82) is 0 Å². The number of fused-ring (bicyclic) bond motifs is 4. The minimum atomic E-state index is 0.896. The Morgan fingerprint density at radius 3 is 2.86 bits per heavy atom. The highest BCUT2D eigenvalue weighted by molar-refractivity contribution is 5.33. The SMILES string of the molecule is c1ccc2c(c1)CC1CCCCC2C1. The van der Waals surface area contributed by atoms with Gasteiger partial charge in [-0.1, -0.05) is 43.5 Å². The van der Waals surface area contributed by atoms with Crippen molar-refractivity contribution in [3.8, 4) is 0 Å². The molecular weight excluding hydrogens is 168 g/mol. The van der Waals surface area contributed by atoms with Crippen LogP contribution in [-0.2, 0) is 6.42 Å². The summed E-state index contributed by atoms with van der Waals surface area (Å²) in [5, 5.41) is 0. The van der Waals surface area contributed by atoms with E-state index in [9.17, 15) is 0 Å². The largest absolute Gasteiger partial charge is 0.0620 e. The maximum absolute atomic E-state index is 2.36. The van der Waals surface area contributed by atoms with Crippen LogP contribution in [0.5, 0.6) is 0 Å². The number of rotatable bonds is 0. The van der Waals surface area contributed by atoms with E-state index in [2.05, 4.69) is 24.3 Å². The van der Waals surface area contributed by atoms with Crippen LogP contribution in [0.2, 0.25) is 0 Å². The van der Waals surface area contributed by atoms with Gasteiger partial charge in [-0.3, -0.25) is 0 Å². The quantitative estimate of drug-likeness (QED) is 0.576. The Morgan fingerprint density at radius 2 is 1.86 bits per heavy atom. The highest BCUT2D eigenvalue weighted by atomic mass is 14.3. The Bertz CT molecular complexity index is 327. The Labute approximate surface area is 86.3 Å². The van der Waals surface area contributed by atoms with Crippen molar-refractivity contribution in [2.75, 3.05) is 0 Å². The molecule has 3 rings (SSSR count). The Balaban J connectivity index is 2.01. The molecule has 0 aliphatic heterocycles. The van der Waals surface area contributed by atoms with Gasteiger partial charge in [0.05, 0.1) is 0 Å². The van der Waals surface area contributed by atoms with E-state index in [1.54, 1.807) is 11.1 Å². The predicted molar refractivity (Wildman–Crippen MR) is 59.5 cm³/mol. The molecule has 2 unspecified atom stereocenters. The summed E-state index contributed by atoms with van der Waals surface area (Å²) in [6.07, 6.45) is 8.66. The zero-order valence-electron chi connectivity index (χ0n) is 8.71. The molecule has 2 bridgehead atoms. The standard InChI is InChI=1S/C14H18/c1-2-6-12-9-11(5-1)10-13-7-3-4-8-14(12)13/h3-4,7-8,11-12H,1-2,5-6,9-10H2. The van der Waals surface area contributed by atoms with Crippen LogP contribution in [0.1, 0.15) is 49.1 Å². The molecule has 0 N–H and O–H groups in total. The summed E-state index contributed by atoms with van der Waals surface area (Å²) in [7, 11) is 0. The van der Waals surface area contributed by atoms with E-state index in [0.29, 0.717) is 0 Å². The Kier molecular flexibility index (Phi) is 2.08. The zero-order valence-corrected chi connectivity index (χ0v) is 8.71. The van der Waals surface area contributed by atoms with Gasteiger partial charge in [0.25, 0.3) is 0 Å². The summed E-state index contributed by atoms with van der Waals surface area (Å²) >= 11 is 0. The fraction of sp³-hybridized carbons (Fsp3) is 0.571. The van der Waals surface area contributed by atoms with E-state index < -0.39 is 0 Å². The lowest BCUT2D eigenvalue weighted by Crippen LogP contribution is -2.16. The first kappa shape index (κ1) is 8.52. The molecule has 2 aliphatic carbocycles. The van der Waals surface area contributed by atoms with Gasteiger partial charge in [-0.25, -0.2) is 0 Å². The maximum Gasteiger partial charge on any atom is -0.0156 e. The first-order valence-corrected chi connectivity index (χ1v) is 6.01. The second-order valence-corrected chi connectivity index (χ2v) is 4.99. The van der Waals surface area contributed by atoms with Crippen LogP contribution >= 0.6 is 0 Å². The van der Waals surface area contributed by atoms with Crippen LogP contribution in [0.3, 0.4) is 0 Å². The lowest BCUT2D eigenvalue weighted by Gasteiger charge is -2.29. The summed E-state index contributed by atoms with van der Waals surface area (Å²) in [6.45, 7) is 0. The molecule has 0 spiro atoms. The van der Waals surface area contributed by atoms with Crippen molar-refractivity contribution in [2.45, 2.75) is 44.4 Å². The van der Waals surface area contributed by atoms with Crippen LogP contribution < -0.4 is 0 Å². The van der Waals surface area contributed by atoms with Crippen LogP contribution in [-0.4, -0.2) is 0 Å². The monoisotopic (exact) mass is 186 g/mol. The number of hydrogen-bond acceptors (Lipinski definition) is 0. The number of hydrogen-bond donors (Lipinski definition) is 0. The predicted octanol–water partition coefficient (Wildman–Crippen LogP) is 3.91. The normalized spacial score (nSPS) is 30.6. The lowest BCUT2D eigenvalue weighted by molar-refractivity contribution is 0.405. The van der Waals surface area contributed by atoms with Gasteiger partial charge in [-0.2, -0.15) is 0 Å². The van der Waals surface area contributed by atoms with Crippen molar-refractivity contribution >= 4 is 0 Å². The molecule has 0 radical (unpaired) electrons. The average molecular weight is 186 g/mol. The molecule has 0 heteroatoms. The second kappa shape index (κ2) is 3.42. The summed E-state index contributed by atoms with van der Waals surface area (Å²) in [4.78, 5) is 0. The maximum atomic E-state index is 2.36. The zero-order chi connectivity index (χ0) is 9.38. The summed E-state index contributed by atoms with van der Waals surface area (Å²) in [5.74, 6) is 1.89. The van der Waals surface area contributed by atoms with E-state index >= 15 is 0 Å². The van der Waals surface area contributed by atoms with Crippen LogP contribution in [0.25, 0.3) is 0 Å². The molecule has 0 saturated heterocycles. The summed E-state index contributed by atoms with van der Waals surface area (Å²) in [6, 6.07) is 9.13. The molecule has 2 atom stereocenters. The van der Waals surface area contributed by atoms with Gasteiger partial charge in [-0.15, -0.1) is 0 Å². The average Bonchev–Trinajstić information content (AvgIpc) is 2.41. The Morgan fingerprint density at radius 1 is 1.00 bits per heavy atom. The Hall–Kier alpha value is -0.780. The molecule has 74 valence electrons. The van der Waals surface area contributed by atoms with E-state index in [0.717, 1.165) is 11.8 Å². The number of benzene rings is 1. The van der Waals surface area contributed by atoms with Crippen molar-refractivity contribution in [2.24, 2.45) is 5.92 Å².